The maximum atomic E-state index is 12.8. The van der Waals surface area contributed by atoms with E-state index in [9.17, 15) is 4.79 Å². The van der Waals surface area contributed by atoms with E-state index in [0.717, 1.165) is 46.6 Å². The molecule has 1 saturated heterocycles. The van der Waals surface area contributed by atoms with Crippen LogP contribution in [0.15, 0.2) is 54.6 Å². The highest BCUT2D eigenvalue weighted by molar-refractivity contribution is 7.19. The van der Waals surface area contributed by atoms with E-state index in [1.807, 2.05) is 42.5 Å². The summed E-state index contributed by atoms with van der Waals surface area (Å²) in [4.78, 5) is 16.4. The number of carbonyl (C=O) groups is 1. The first kappa shape index (κ1) is 22.3. The van der Waals surface area contributed by atoms with Crippen LogP contribution in [0.25, 0.3) is 21.0 Å². The van der Waals surface area contributed by atoms with Crippen molar-refractivity contribution in [3.8, 4) is 5.88 Å². The number of para-hydroxylation sites is 1. The van der Waals surface area contributed by atoms with E-state index in [0.29, 0.717) is 18.5 Å². The number of amides is 1. The highest BCUT2D eigenvalue weighted by Crippen LogP contribution is 2.32. The molecule has 33 heavy (non-hydrogen) atoms. The molecule has 0 unspecified atom stereocenters. The van der Waals surface area contributed by atoms with Gasteiger partial charge in [0.25, 0.3) is 0 Å². The number of carbonyl (C=O) groups excluding carboxylic acids is 1. The Balaban J connectivity index is 1.35. The normalized spacial score (nSPS) is 15.5. The lowest BCUT2D eigenvalue weighted by molar-refractivity contribution is 0.151. The highest BCUT2D eigenvalue weighted by atomic mass is 35.5. The van der Waals surface area contributed by atoms with Crippen LogP contribution in [0, 0.1) is 0 Å². The van der Waals surface area contributed by atoms with Gasteiger partial charge in [0.15, 0.2) is 0 Å². The highest BCUT2D eigenvalue weighted by Gasteiger charge is 2.23. The van der Waals surface area contributed by atoms with E-state index in [4.69, 9.17) is 16.3 Å². The molecule has 1 amide bonds. The zero-order valence-corrected chi connectivity index (χ0v) is 20.5. The SMILES string of the molecule is CC(C)N1CCC(NC(=O)Oc2cc3ccccc3n2Cc2cc3ccc(Cl)cc3s2)CC1. The van der Waals surface area contributed by atoms with E-state index in [1.165, 1.54) is 10.3 Å². The van der Waals surface area contributed by atoms with Gasteiger partial charge in [0, 0.05) is 51.2 Å². The largest absolute Gasteiger partial charge is 0.414 e. The van der Waals surface area contributed by atoms with Crippen LogP contribution in [0.4, 0.5) is 4.79 Å². The molecule has 0 saturated carbocycles. The van der Waals surface area contributed by atoms with Gasteiger partial charge in [0.1, 0.15) is 0 Å². The fraction of sp³-hybridized carbons (Fsp3) is 0.346. The lowest BCUT2D eigenvalue weighted by Gasteiger charge is -2.34. The van der Waals surface area contributed by atoms with Crippen LogP contribution in [-0.2, 0) is 6.54 Å². The second kappa shape index (κ2) is 9.37. The molecule has 2 aromatic heterocycles. The van der Waals surface area contributed by atoms with E-state index in [-0.39, 0.29) is 12.1 Å². The Bertz CT molecular complexity index is 1290. The van der Waals surface area contributed by atoms with Gasteiger partial charge < -0.3 is 19.5 Å². The number of likely N-dealkylation sites (tertiary alicyclic amines) is 1. The summed E-state index contributed by atoms with van der Waals surface area (Å²) in [6.07, 6.45) is 1.51. The number of nitrogens with one attached hydrogen (secondary N) is 1. The minimum absolute atomic E-state index is 0.151. The molecule has 1 N–H and O–H groups in total. The molecule has 1 fully saturated rings. The number of hydrogen-bond donors (Lipinski definition) is 1. The van der Waals surface area contributed by atoms with Crippen molar-refractivity contribution in [2.24, 2.45) is 0 Å². The van der Waals surface area contributed by atoms with Crippen LogP contribution in [-0.4, -0.2) is 40.7 Å². The molecule has 0 radical (unpaired) electrons. The molecule has 2 aromatic carbocycles. The molecule has 4 aromatic rings. The van der Waals surface area contributed by atoms with Crippen molar-refractivity contribution in [3.63, 3.8) is 0 Å². The zero-order chi connectivity index (χ0) is 22.9. The minimum Gasteiger partial charge on any atom is -0.393 e. The zero-order valence-electron chi connectivity index (χ0n) is 18.9. The quantitative estimate of drug-likeness (QED) is 0.353. The summed E-state index contributed by atoms with van der Waals surface area (Å²) in [5, 5.41) is 6.04. The summed E-state index contributed by atoms with van der Waals surface area (Å²) in [6, 6.07) is 18.9. The number of rotatable bonds is 5. The molecule has 0 spiro atoms. The monoisotopic (exact) mass is 481 g/mol. The van der Waals surface area contributed by atoms with Gasteiger partial charge >= 0.3 is 6.09 Å². The number of nitrogens with zero attached hydrogens (tertiary/aromatic N) is 2. The Labute approximate surface area is 202 Å². The predicted molar refractivity (Wildman–Crippen MR) is 137 cm³/mol. The van der Waals surface area contributed by atoms with Gasteiger partial charge in [-0.15, -0.1) is 11.3 Å². The summed E-state index contributed by atoms with van der Waals surface area (Å²) in [7, 11) is 0. The molecular weight excluding hydrogens is 454 g/mol. The lowest BCUT2D eigenvalue weighted by atomic mass is 10.0. The fourth-order valence-electron chi connectivity index (χ4n) is 4.58. The first-order chi connectivity index (χ1) is 16.0. The number of halogens is 1. The molecule has 1 aliphatic rings. The van der Waals surface area contributed by atoms with Crippen LogP contribution >= 0.6 is 22.9 Å². The molecule has 0 bridgehead atoms. The first-order valence-corrected chi connectivity index (χ1v) is 12.6. The maximum absolute atomic E-state index is 12.8. The van der Waals surface area contributed by atoms with E-state index in [2.05, 4.69) is 40.8 Å². The third-order valence-corrected chi connectivity index (χ3v) is 7.72. The van der Waals surface area contributed by atoms with Crippen LogP contribution < -0.4 is 10.1 Å². The van der Waals surface area contributed by atoms with Crippen molar-refractivity contribution >= 4 is 50.0 Å². The minimum atomic E-state index is -0.384. The molecule has 7 heteroatoms. The Morgan fingerprint density at radius 2 is 1.91 bits per heavy atom. The number of thiophene rings is 1. The van der Waals surface area contributed by atoms with Gasteiger partial charge in [0.05, 0.1) is 12.1 Å². The molecule has 5 nitrogen and oxygen atoms in total. The maximum Gasteiger partial charge on any atom is 0.414 e. The standard InChI is InChI=1S/C26H28ClN3O2S/c1-17(2)29-11-9-21(10-12-29)28-26(31)32-25-14-18-5-3-4-6-23(18)30(25)16-22-13-19-7-8-20(27)15-24(19)33-22/h3-8,13-15,17,21H,9-12,16H2,1-2H3,(H,28,31). The second-order valence-electron chi connectivity index (χ2n) is 8.96. The first-order valence-electron chi connectivity index (χ1n) is 11.4. The summed E-state index contributed by atoms with van der Waals surface area (Å²) < 4.78 is 9.08. The topological polar surface area (TPSA) is 46.5 Å². The lowest BCUT2D eigenvalue weighted by Crippen LogP contribution is -2.47. The third kappa shape index (κ3) is 4.88. The molecule has 0 aliphatic carbocycles. The van der Waals surface area contributed by atoms with Crippen molar-refractivity contribution in [1.29, 1.82) is 0 Å². The molecule has 172 valence electrons. The van der Waals surface area contributed by atoms with Gasteiger partial charge in [0.2, 0.25) is 5.88 Å². The number of aromatic nitrogens is 1. The van der Waals surface area contributed by atoms with Crippen molar-refractivity contribution in [3.05, 3.63) is 64.5 Å². The fourth-order valence-corrected chi connectivity index (χ4v) is 5.91. The second-order valence-corrected chi connectivity index (χ2v) is 10.6. The Kier molecular flexibility index (Phi) is 6.32. The average molecular weight is 482 g/mol. The number of benzene rings is 2. The summed E-state index contributed by atoms with van der Waals surface area (Å²) in [5.74, 6) is 0.559. The summed E-state index contributed by atoms with van der Waals surface area (Å²) in [5.41, 5.74) is 1.04. The number of hydrogen-bond acceptors (Lipinski definition) is 4. The van der Waals surface area contributed by atoms with Gasteiger partial charge in [-0.2, -0.15) is 0 Å². The van der Waals surface area contributed by atoms with Crippen LogP contribution in [0.3, 0.4) is 0 Å². The van der Waals surface area contributed by atoms with E-state index >= 15 is 0 Å². The van der Waals surface area contributed by atoms with Crippen molar-refractivity contribution in [2.75, 3.05) is 13.1 Å². The summed E-state index contributed by atoms with van der Waals surface area (Å²) >= 11 is 7.88. The van der Waals surface area contributed by atoms with E-state index in [1.54, 1.807) is 11.3 Å². The molecule has 1 aliphatic heterocycles. The van der Waals surface area contributed by atoms with Gasteiger partial charge in [-0.1, -0.05) is 35.9 Å². The molecule has 3 heterocycles. The number of ether oxygens (including phenoxy) is 1. The Hall–Kier alpha value is -2.54. The molecule has 0 atom stereocenters. The Morgan fingerprint density at radius 3 is 2.70 bits per heavy atom. The molecular formula is C26H28ClN3O2S. The van der Waals surface area contributed by atoms with Crippen LogP contribution in [0.5, 0.6) is 5.88 Å². The summed E-state index contributed by atoms with van der Waals surface area (Å²) in [6.45, 7) is 7.05. The third-order valence-electron chi connectivity index (χ3n) is 6.40. The molecule has 5 rings (SSSR count). The van der Waals surface area contributed by atoms with Gasteiger partial charge in [-0.25, -0.2) is 4.79 Å². The van der Waals surface area contributed by atoms with Crippen molar-refractivity contribution in [1.82, 2.24) is 14.8 Å². The predicted octanol–water partition coefficient (Wildman–Crippen LogP) is 6.52. The number of fused-ring (bicyclic) bond motifs is 2. The van der Waals surface area contributed by atoms with Crippen molar-refractivity contribution in [2.45, 2.75) is 45.3 Å². The Morgan fingerprint density at radius 1 is 1.12 bits per heavy atom. The smallest absolute Gasteiger partial charge is 0.393 e. The average Bonchev–Trinajstić information content (AvgIpc) is 3.34. The van der Waals surface area contributed by atoms with Crippen LogP contribution in [0.2, 0.25) is 5.02 Å². The van der Waals surface area contributed by atoms with Crippen molar-refractivity contribution < 1.29 is 9.53 Å². The van der Waals surface area contributed by atoms with Gasteiger partial charge in [-0.05, 0) is 56.3 Å². The van der Waals surface area contributed by atoms with Crippen LogP contribution in [0.1, 0.15) is 31.6 Å². The van der Waals surface area contributed by atoms with E-state index < -0.39 is 0 Å². The number of piperidine rings is 1. The van der Waals surface area contributed by atoms with Gasteiger partial charge in [-0.3, -0.25) is 0 Å².